The van der Waals surface area contributed by atoms with Crippen LogP contribution in [0.15, 0.2) is 170 Å². The Morgan fingerprint density at radius 3 is 1.79 bits per heavy atom. The van der Waals surface area contributed by atoms with Crippen molar-refractivity contribution in [2.45, 2.75) is 38.5 Å². The average Bonchev–Trinajstić information content (AvgIpc) is 3.61. The van der Waals surface area contributed by atoms with E-state index >= 15 is 0 Å². The molecule has 0 unspecified atom stereocenters. The summed E-state index contributed by atoms with van der Waals surface area (Å²) in [5.74, 6) is 0.721. The Morgan fingerprint density at radius 1 is 0.339 bits per heavy atom. The van der Waals surface area contributed by atoms with Crippen LogP contribution in [-0.4, -0.2) is 9.97 Å². The summed E-state index contributed by atoms with van der Waals surface area (Å²) >= 11 is 0. The highest BCUT2D eigenvalue weighted by Crippen LogP contribution is 2.55. The fraction of sp³-hybridized carbons (Fsp3) is 0.111. The van der Waals surface area contributed by atoms with E-state index in [2.05, 4.69) is 191 Å². The molecule has 1 heterocycles. The van der Waals surface area contributed by atoms with Gasteiger partial charge in [0, 0.05) is 27.5 Å². The molecule has 0 radical (unpaired) electrons. The van der Waals surface area contributed by atoms with Crippen LogP contribution in [0.25, 0.3) is 88.8 Å². The molecule has 0 saturated heterocycles. The Labute approximate surface area is 328 Å². The molecule has 1 aromatic heterocycles. The summed E-state index contributed by atoms with van der Waals surface area (Å²) in [5, 5.41) is 5.01. The van der Waals surface area contributed by atoms with Crippen LogP contribution in [0.5, 0.6) is 0 Å². The number of benzene rings is 8. The van der Waals surface area contributed by atoms with Gasteiger partial charge in [0.05, 0.1) is 11.4 Å². The van der Waals surface area contributed by atoms with Crippen molar-refractivity contribution in [3.05, 3.63) is 192 Å². The van der Waals surface area contributed by atoms with E-state index < -0.39 is 0 Å². The highest BCUT2D eigenvalue weighted by molar-refractivity contribution is 6.09. The van der Waals surface area contributed by atoms with Crippen molar-refractivity contribution in [2.24, 2.45) is 0 Å². The van der Waals surface area contributed by atoms with Gasteiger partial charge in [0.2, 0.25) is 0 Å². The maximum Gasteiger partial charge on any atom is 0.160 e. The minimum Gasteiger partial charge on any atom is -0.228 e. The molecule has 2 nitrogen and oxygen atoms in total. The molecule has 0 aliphatic heterocycles. The molecule has 8 aromatic carbocycles. The molecular formula is C54H40N2. The van der Waals surface area contributed by atoms with Gasteiger partial charge in [-0.1, -0.05) is 167 Å². The zero-order valence-corrected chi connectivity index (χ0v) is 32.1. The van der Waals surface area contributed by atoms with Gasteiger partial charge >= 0.3 is 0 Å². The van der Waals surface area contributed by atoms with E-state index in [0.717, 1.165) is 33.9 Å². The number of rotatable bonds is 4. The zero-order chi connectivity index (χ0) is 37.8. The lowest BCUT2D eigenvalue weighted by molar-refractivity contribution is 0.661. The summed E-state index contributed by atoms with van der Waals surface area (Å²) in [6, 6.07) is 62.0. The quantitative estimate of drug-likeness (QED) is 0.181. The molecule has 0 N–H and O–H groups in total. The largest absolute Gasteiger partial charge is 0.228 e. The predicted molar refractivity (Wildman–Crippen MR) is 234 cm³/mol. The molecule has 2 heteroatoms. The van der Waals surface area contributed by atoms with Crippen LogP contribution >= 0.6 is 0 Å². The first-order valence-corrected chi connectivity index (χ1v) is 19.7. The van der Waals surface area contributed by atoms with E-state index in [1.54, 1.807) is 0 Å². The van der Waals surface area contributed by atoms with Gasteiger partial charge in [0.1, 0.15) is 0 Å². The fourth-order valence-electron chi connectivity index (χ4n) is 9.77. The summed E-state index contributed by atoms with van der Waals surface area (Å²) in [7, 11) is 0. The van der Waals surface area contributed by atoms with Gasteiger partial charge in [0.15, 0.2) is 5.82 Å². The summed E-state index contributed by atoms with van der Waals surface area (Å²) < 4.78 is 0. The molecule has 0 saturated carbocycles. The number of nitrogens with zero attached hydrogens (tertiary/aromatic N) is 2. The zero-order valence-electron chi connectivity index (χ0n) is 32.1. The molecule has 0 bridgehead atoms. The minimum absolute atomic E-state index is 0.108. The molecule has 266 valence electrons. The Balaban J connectivity index is 1.11. The maximum atomic E-state index is 5.35. The second-order valence-electron chi connectivity index (χ2n) is 16.6. The van der Waals surface area contributed by atoms with E-state index in [4.69, 9.17) is 9.97 Å². The van der Waals surface area contributed by atoms with Crippen molar-refractivity contribution in [1.82, 2.24) is 9.97 Å². The molecule has 0 spiro atoms. The van der Waals surface area contributed by atoms with Crippen LogP contribution in [0.4, 0.5) is 0 Å². The Bertz CT molecular complexity index is 3080. The number of fused-ring (bicyclic) bond motifs is 9. The van der Waals surface area contributed by atoms with E-state index in [-0.39, 0.29) is 10.8 Å². The lowest BCUT2D eigenvalue weighted by Crippen LogP contribution is -2.15. The van der Waals surface area contributed by atoms with Gasteiger partial charge in [-0.2, -0.15) is 0 Å². The molecule has 56 heavy (non-hydrogen) atoms. The first-order valence-electron chi connectivity index (χ1n) is 19.7. The van der Waals surface area contributed by atoms with Crippen molar-refractivity contribution in [3.8, 4) is 67.3 Å². The van der Waals surface area contributed by atoms with Crippen molar-refractivity contribution in [3.63, 3.8) is 0 Å². The summed E-state index contributed by atoms with van der Waals surface area (Å²) in [6.07, 6.45) is 0. The van der Waals surface area contributed by atoms with Crippen molar-refractivity contribution in [2.75, 3.05) is 0 Å². The van der Waals surface area contributed by atoms with Crippen molar-refractivity contribution < 1.29 is 0 Å². The second kappa shape index (κ2) is 11.9. The summed E-state index contributed by atoms with van der Waals surface area (Å²) in [5.41, 5.74) is 18.0. The molecule has 0 atom stereocenters. The molecule has 0 amide bonds. The van der Waals surface area contributed by atoms with Gasteiger partial charge in [-0.3, -0.25) is 0 Å². The van der Waals surface area contributed by atoms with Crippen molar-refractivity contribution in [1.29, 1.82) is 0 Å². The fourth-order valence-corrected chi connectivity index (χ4v) is 9.77. The normalized spacial score (nSPS) is 14.4. The lowest BCUT2D eigenvalue weighted by Gasteiger charge is -2.23. The first-order chi connectivity index (χ1) is 27.3. The van der Waals surface area contributed by atoms with E-state index in [0.29, 0.717) is 0 Å². The van der Waals surface area contributed by atoms with Gasteiger partial charge in [0.25, 0.3) is 0 Å². The molecule has 9 aromatic rings. The van der Waals surface area contributed by atoms with Gasteiger partial charge in [-0.25, -0.2) is 9.97 Å². The van der Waals surface area contributed by atoms with Crippen LogP contribution in [0, 0.1) is 0 Å². The number of aromatic nitrogens is 2. The molecular weight excluding hydrogens is 677 g/mol. The van der Waals surface area contributed by atoms with Gasteiger partial charge < -0.3 is 0 Å². The molecule has 0 fully saturated rings. The van der Waals surface area contributed by atoms with E-state index in [9.17, 15) is 0 Å². The standard InChI is InChI=1S/C54H40N2/c1-53(2)44-26-13-12-24-41(44)51-40-23-11-10-22-39(40)42(31-47(51)53)49-32-48(55-52(56-49)33-16-6-5-7-17-33)37-21-14-20-36(28-37)38-25-15-27-45-50(38)43-29-34-18-8-9-19-35(34)30-46(43)54(45,3)4/h5-32H,1-4H3. The Hall–Kier alpha value is -6.64. The Morgan fingerprint density at radius 2 is 0.946 bits per heavy atom. The van der Waals surface area contributed by atoms with Crippen LogP contribution < -0.4 is 0 Å². The second-order valence-corrected chi connectivity index (χ2v) is 16.6. The third-order valence-corrected chi connectivity index (χ3v) is 12.7. The van der Waals surface area contributed by atoms with E-state index in [1.165, 1.54) is 77.2 Å². The first kappa shape index (κ1) is 32.8. The lowest BCUT2D eigenvalue weighted by atomic mass is 9.81. The molecule has 2 aliphatic carbocycles. The SMILES string of the molecule is CC1(C)c2cc3ccccc3cc2-c2c(-c3cccc(-c4cc(-c5cc6c(c7ccccc57)-c5ccccc5C6(C)C)nc(-c5ccccc5)n4)c3)cccc21. The molecule has 11 rings (SSSR count). The van der Waals surface area contributed by atoms with Crippen molar-refractivity contribution >= 4 is 21.5 Å². The summed E-state index contributed by atoms with van der Waals surface area (Å²) in [4.78, 5) is 10.7. The third kappa shape index (κ3) is 4.75. The number of hydrogen-bond donors (Lipinski definition) is 0. The monoisotopic (exact) mass is 716 g/mol. The van der Waals surface area contributed by atoms with Gasteiger partial charge in [-0.15, -0.1) is 0 Å². The highest BCUT2D eigenvalue weighted by Gasteiger charge is 2.38. The van der Waals surface area contributed by atoms with Crippen LogP contribution in [0.3, 0.4) is 0 Å². The number of hydrogen-bond acceptors (Lipinski definition) is 2. The predicted octanol–water partition coefficient (Wildman–Crippen LogP) is 14.1. The Kier molecular flexibility index (Phi) is 6.98. The topological polar surface area (TPSA) is 25.8 Å². The van der Waals surface area contributed by atoms with Crippen LogP contribution in [0.1, 0.15) is 49.9 Å². The summed E-state index contributed by atoms with van der Waals surface area (Å²) in [6.45, 7) is 9.43. The van der Waals surface area contributed by atoms with E-state index in [1.807, 2.05) is 6.07 Å². The van der Waals surface area contributed by atoms with Gasteiger partial charge in [-0.05, 0) is 108 Å². The maximum absolute atomic E-state index is 5.35. The highest BCUT2D eigenvalue weighted by atomic mass is 14.9. The minimum atomic E-state index is -0.146. The molecule has 2 aliphatic rings. The van der Waals surface area contributed by atoms with Crippen LogP contribution in [-0.2, 0) is 10.8 Å². The average molecular weight is 717 g/mol. The van der Waals surface area contributed by atoms with Crippen LogP contribution in [0.2, 0.25) is 0 Å². The smallest absolute Gasteiger partial charge is 0.160 e. The third-order valence-electron chi connectivity index (χ3n) is 12.7.